The summed E-state index contributed by atoms with van der Waals surface area (Å²) in [6, 6.07) is 0.932. The number of piperazine rings is 1. The van der Waals surface area contributed by atoms with Gasteiger partial charge in [-0.25, -0.2) is 8.78 Å². The molecule has 0 aliphatic carbocycles. The van der Waals surface area contributed by atoms with Gasteiger partial charge in [0, 0.05) is 31.7 Å². The molecule has 3 nitrogen and oxygen atoms in total. The molecule has 0 amide bonds. The van der Waals surface area contributed by atoms with Crippen LogP contribution in [0.3, 0.4) is 0 Å². The topological polar surface area (TPSA) is 24.5 Å². The molecule has 0 aromatic rings. The van der Waals surface area contributed by atoms with E-state index in [1.54, 1.807) is 0 Å². The Morgan fingerprint density at radius 1 is 1.41 bits per heavy atom. The van der Waals surface area contributed by atoms with Crippen LogP contribution in [0.5, 0.6) is 0 Å². The smallest absolute Gasteiger partial charge is 0.261 e. The standard InChI is InChI=1S/C12H24F2N2O/c1-9(2)11-7-16(10(3)6-15-11)4-5-17-8-12(13)14/h9-12,15H,4-8H2,1-3H3. The van der Waals surface area contributed by atoms with Crippen molar-refractivity contribution in [3.05, 3.63) is 0 Å². The van der Waals surface area contributed by atoms with Crippen LogP contribution in [0.4, 0.5) is 8.78 Å². The third-order valence-electron chi connectivity index (χ3n) is 3.30. The van der Waals surface area contributed by atoms with Crippen LogP contribution < -0.4 is 5.32 Å². The van der Waals surface area contributed by atoms with Gasteiger partial charge < -0.3 is 10.1 Å². The average Bonchev–Trinajstić information content (AvgIpc) is 2.25. The fourth-order valence-electron chi connectivity index (χ4n) is 2.06. The van der Waals surface area contributed by atoms with Crippen molar-refractivity contribution in [3.8, 4) is 0 Å². The summed E-state index contributed by atoms with van der Waals surface area (Å²) in [5, 5.41) is 3.50. The molecule has 1 fully saturated rings. The molecule has 0 saturated carbocycles. The first-order chi connectivity index (χ1) is 8.00. The van der Waals surface area contributed by atoms with Gasteiger partial charge in [0.05, 0.1) is 6.61 Å². The Bertz CT molecular complexity index is 215. The molecule has 1 rings (SSSR count). The number of alkyl halides is 2. The molecule has 1 aliphatic rings. The fraction of sp³-hybridized carbons (Fsp3) is 1.00. The highest BCUT2D eigenvalue weighted by Gasteiger charge is 2.26. The molecule has 17 heavy (non-hydrogen) atoms. The van der Waals surface area contributed by atoms with Crippen LogP contribution in [-0.2, 0) is 4.74 Å². The molecular weight excluding hydrogens is 226 g/mol. The van der Waals surface area contributed by atoms with Crippen molar-refractivity contribution in [2.24, 2.45) is 5.92 Å². The number of hydrogen-bond donors (Lipinski definition) is 1. The number of ether oxygens (including phenoxy) is 1. The molecule has 5 heteroatoms. The third kappa shape index (κ3) is 5.27. The van der Waals surface area contributed by atoms with Gasteiger partial charge in [-0.05, 0) is 12.8 Å². The van der Waals surface area contributed by atoms with Crippen molar-refractivity contribution in [1.29, 1.82) is 0 Å². The van der Waals surface area contributed by atoms with Crippen LogP contribution in [0.2, 0.25) is 0 Å². The van der Waals surface area contributed by atoms with Crippen molar-refractivity contribution in [2.75, 3.05) is 32.8 Å². The Balaban J connectivity index is 2.25. The van der Waals surface area contributed by atoms with Gasteiger partial charge in [-0.3, -0.25) is 4.90 Å². The van der Waals surface area contributed by atoms with Gasteiger partial charge in [0.25, 0.3) is 6.43 Å². The molecule has 2 unspecified atom stereocenters. The Labute approximate surface area is 103 Å². The first kappa shape index (κ1) is 14.8. The summed E-state index contributed by atoms with van der Waals surface area (Å²) in [5.41, 5.74) is 0. The second-order valence-corrected chi connectivity index (χ2v) is 5.07. The highest BCUT2D eigenvalue weighted by Crippen LogP contribution is 2.12. The van der Waals surface area contributed by atoms with Gasteiger partial charge >= 0.3 is 0 Å². The molecule has 1 heterocycles. The molecular formula is C12H24F2N2O. The zero-order valence-electron chi connectivity index (χ0n) is 11.0. The summed E-state index contributed by atoms with van der Waals surface area (Å²) in [6.07, 6.45) is -2.36. The monoisotopic (exact) mass is 250 g/mol. The maximum atomic E-state index is 11.9. The van der Waals surface area contributed by atoms with E-state index in [1.165, 1.54) is 0 Å². The predicted molar refractivity (Wildman–Crippen MR) is 64.5 cm³/mol. The van der Waals surface area contributed by atoms with Crippen molar-refractivity contribution in [2.45, 2.75) is 39.3 Å². The summed E-state index contributed by atoms with van der Waals surface area (Å²) in [5.74, 6) is 0.590. The molecule has 0 aromatic heterocycles. The lowest BCUT2D eigenvalue weighted by Gasteiger charge is -2.40. The number of hydrogen-bond acceptors (Lipinski definition) is 3. The van der Waals surface area contributed by atoms with Crippen LogP contribution in [0.25, 0.3) is 0 Å². The van der Waals surface area contributed by atoms with E-state index >= 15 is 0 Å². The number of rotatable bonds is 6. The first-order valence-corrected chi connectivity index (χ1v) is 6.34. The number of halogens is 2. The summed E-state index contributed by atoms with van der Waals surface area (Å²) in [4.78, 5) is 2.31. The van der Waals surface area contributed by atoms with E-state index in [-0.39, 0.29) is 0 Å². The minimum absolute atomic E-state index is 0.388. The minimum Gasteiger partial charge on any atom is -0.374 e. The lowest BCUT2D eigenvalue weighted by atomic mass is 10.00. The Morgan fingerprint density at radius 2 is 2.12 bits per heavy atom. The van der Waals surface area contributed by atoms with Gasteiger partial charge in [0.1, 0.15) is 6.61 Å². The molecule has 2 atom stereocenters. The quantitative estimate of drug-likeness (QED) is 0.724. The molecule has 0 radical (unpaired) electrons. The summed E-state index contributed by atoms with van der Waals surface area (Å²) in [6.45, 7) is 9.13. The van der Waals surface area contributed by atoms with E-state index < -0.39 is 13.0 Å². The SMILES string of the molecule is CC(C)C1CN(CCOCC(F)F)C(C)CN1. The molecule has 0 spiro atoms. The number of nitrogens with zero attached hydrogens (tertiary/aromatic N) is 1. The zero-order valence-corrected chi connectivity index (χ0v) is 11.0. The van der Waals surface area contributed by atoms with Gasteiger partial charge in [-0.1, -0.05) is 13.8 Å². The second-order valence-electron chi connectivity index (χ2n) is 5.07. The van der Waals surface area contributed by atoms with Crippen LogP contribution >= 0.6 is 0 Å². The third-order valence-corrected chi connectivity index (χ3v) is 3.30. The van der Waals surface area contributed by atoms with E-state index in [0.29, 0.717) is 24.6 Å². The summed E-state index contributed by atoms with van der Waals surface area (Å²) >= 11 is 0. The highest BCUT2D eigenvalue weighted by molar-refractivity contribution is 4.85. The largest absolute Gasteiger partial charge is 0.374 e. The van der Waals surface area contributed by atoms with Gasteiger partial charge in [-0.2, -0.15) is 0 Å². The molecule has 102 valence electrons. The van der Waals surface area contributed by atoms with Crippen molar-refractivity contribution >= 4 is 0 Å². The molecule has 0 aromatic carbocycles. The zero-order chi connectivity index (χ0) is 12.8. The van der Waals surface area contributed by atoms with Gasteiger partial charge in [0.15, 0.2) is 0 Å². The Kier molecular flexibility index (Phi) is 6.30. The van der Waals surface area contributed by atoms with Gasteiger partial charge in [-0.15, -0.1) is 0 Å². The molecule has 1 saturated heterocycles. The summed E-state index contributed by atoms with van der Waals surface area (Å²) < 4.78 is 28.7. The highest BCUT2D eigenvalue weighted by atomic mass is 19.3. The minimum atomic E-state index is -2.36. The van der Waals surface area contributed by atoms with E-state index in [1.807, 2.05) is 0 Å². The molecule has 0 bridgehead atoms. The van der Waals surface area contributed by atoms with E-state index in [0.717, 1.165) is 19.6 Å². The Hall–Kier alpha value is -0.260. The average molecular weight is 250 g/mol. The second kappa shape index (κ2) is 7.24. The van der Waals surface area contributed by atoms with E-state index in [4.69, 9.17) is 4.74 Å². The maximum absolute atomic E-state index is 11.9. The molecule has 1 N–H and O–H groups in total. The van der Waals surface area contributed by atoms with Crippen LogP contribution in [0.1, 0.15) is 20.8 Å². The van der Waals surface area contributed by atoms with Crippen LogP contribution in [0, 0.1) is 5.92 Å². The van der Waals surface area contributed by atoms with Crippen molar-refractivity contribution in [3.63, 3.8) is 0 Å². The van der Waals surface area contributed by atoms with Crippen LogP contribution in [0.15, 0.2) is 0 Å². The van der Waals surface area contributed by atoms with E-state index in [9.17, 15) is 8.78 Å². The fourth-order valence-corrected chi connectivity index (χ4v) is 2.06. The van der Waals surface area contributed by atoms with Crippen molar-refractivity contribution < 1.29 is 13.5 Å². The normalized spacial score (nSPS) is 27.0. The maximum Gasteiger partial charge on any atom is 0.261 e. The van der Waals surface area contributed by atoms with Gasteiger partial charge in [0.2, 0.25) is 0 Å². The van der Waals surface area contributed by atoms with Crippen LogP contribution in [-0.4, -0.2) is 56.3 Å². The Morgan fingerprint density at radius 3 is 2.71 bits per heavy atom. The predicted octanol–water partition coefficient (Wildman–Crippen LogP) is 1.59. The summed E-state index contributed by atoms with van der Waals surface area (Å²) in [7, 11) is 0. The number of nitrogens with one attached hydrogen (secondary N) is 1. The lowest BCUT2D eigenvalue weighted by molar-refractivity contribution is 0.00138. The molecule has 1 aliphatic heterocycles. The lowest BCUT2D eigenvalue weighted by Crippen LogP contribution is -2.57. The first-order valence-electron chi connectivity index (χ1n) is 6.34. The van der Waals surface area contributed by atoms with E-state index in [2.05, 4.69) is 31.0 Å². The van der Waals surface area contributed by atoms with Crippen molar-refractivity contribution in [1.82, 2.24) is 10.2 Å².